The molecule has 1 saturated carbocycles. The molecule has 0 spiro atoms. The van der Waals surface area contributed by atoms with Crippen LogP contribution < -0.4 is 5.32 Å². The fourth-order valence-corrected chi connectivity index (χ4v) is 2.67. The van der Waals surface area contributed by atoms with E-state index in [9.17, 15) is 26.7 Å². The maximum absolute atomic E-state index is 13.4. The molecule has 0 radical (unpaired) electrons. The summed E-state index contributed by atoms with van der Waals surface area (Å²) in [6, 6.07) is 4.76. The summed E-state index contributed by atoms with van der Waals surface area (Å²) < 4.78 is 65.2. The Bertz CT molecular complexity index is 541. The van der Waals surface area contributed by atoms with Gasteiger partial charge in [-0.05, 0) is 24.5 Å². The van der Waals surface area contributed by atoms with E-state index in [2.05, 4.69) is 5.32 Å². The summed E-state index contributed by atoms with van der Waals surface area (Å²) in [5.41, 5.74) is -1.04. The minimum Gasteiger partial charge on any atom is -0.355 e. The van der Waals surface area contributed by atoms with E-state index >= 15 is 0 Å². The van der Waals surface area contributed by atoms with Gasteiger partial charge in [0.2, 0.25) is 5.91 Å². The van der Waals surface area contributed by atoms with Gasteiger partial charge in [0.1, 0.15) is 0 Å². The van der Waals surface area contributed by atoms with Crippen LogP contribution in [-0.2, 0) is 17.4 Å². The third-order valence-corrected chi connectivity index (χ3v) is 3.88. The minimum atomic E-state index is -4.55. The molecule has 1 amide bonds. The van der Waals surface area contributed by atoms with Crippen molar-refractivity contribution >= 4 is 5.91 Å². The summed E-state index contributed by atoms with van der Waals surface area (Å²) in [4.78, 5) is 11.7. The second-order valence-electron chi connectivity index (χ2n) is 5.49. The zero-order valence-electron chi connectivity index (χ0n) is 11.7. The van der Waals surface area contributed by atoms with Gasteiger partial charge in [-0.25, -0.2) is 8.78 Å². The molecule has 0 aliphatic heterocycles. The summed E-state index contributed by atoms with van der Waals surface area (Å²) in [7, 11) is 0. The molecule has 1 aromatic rings. The first kappa shape index (κ1) is 16.7. The Balaban J connectivity index is 1.96. The molecule has 1 aromatic carbocycles. The van der Waals surface area contributed by atoms with Gasteiger partial charge in [-0.1, -0.05) is 18.2 Å². The quantitative estimate of drug-likeness (QED) is 0.840. The maximum atomic E-state index is 13.4. The summed E-state index contributed by atoms with van der Waals surface area (Å²) >= 11 is 0. The summed E-state index contributed by atoms with van der Waals surface area (Å²) in [5, 5.41) is 2.32. The van der Waals surface area contributed by atoms with Crippen LogP contribution >= 0.6 is 0 Å². The van der Waals surface area contributed by atoms with Crippen LogP contribution in [-0.4, -0.2) is 18.4 Å². The zero-order chi connectivity index (χ0) is 16.4. The lowest BCUT2D eigenvalue weighted by Gasteiger charge is -2.19. The standard InChI is InChI=1S/C15H16F5NO/c16-14(17)7-3-5-11(14)9-21-13(22)8-10-4-1-2-6-12(10)15(18,19)20/h1-2,4,6,11H,3,5,7-9H2,(H,21,22). The second kappa shape index (κ2) is 6.22. The highest BCUT2D eigenvalue weighted by Gasteiger charge is 2.43. The molecule has 2 nitrogen and oxygen atoms in total. The van der Waals surface area contributed by atoms with E-state index in [-0.39, 0.29) is 18.5 Å². The molecular formula is C15H16F5NO. The molecule has 0 heterocycles. The van der Waals surface area contributed by atoms with E-state index in [0.717, 1.165) is 6.07 Å². The molecule has 22 heavy (non-hydrogen) atoms. The van der Waals surface area contributed by atoms with Gasteiger partial charge in [-0.15, -0.1) is 0 Å². The Morgan fingerprint density at radius 3 is 2.55 bits per heavy atom. The fourth-order valence-electron chi connectivity index (χ4n) is 2.67. The van der Waals surface area contributed by atoms with Gasteiger partial charge in [-0.3, -0.25) is 4.79 Å². The Hall–Kier alpha value is -1.66. The van der Waals surface area contributed by atoms with Crippen LogP contribution in [0.15, 0.2) is 24.3 Å². The number of carbonyl (C=O) groups is 1. The molecule has 0 saturated heterocycles. The average Bonchev–Trinajstić information content (AvgIpc) is 2.75. The highest BCUT2D eigenvalue weighted by molar-refractivity contribution is 5.79. The van der Waals surface area contributed by atoms with E-state index < -0.39 is 35.9 Å². The third kappa shape index (κ3) is 3.96. The van der Waals surface area contributed by atoms with Crippen molar-refractivity contribution < 1.29 is 26.7 Å². The van der Waals surface area contributed by atoms with Crippen molar-refractivity contribution in [3.05, 3.63) is 35.4 Å². The zero-order valence-corrected chi connectivity index (χ0v) is 11.7. The monoisotopic (exact) mass is 321 g/mol. The normalized spacial score (nSPS) is 20.9. The second-order valence-corrected chi connectivity index (χ2v) is 5.49. The fraction of sp³-hybridized carbons (Fsp3) is 0.533. The molecule has 0 bridgehead atoms. The Kier molecular flexibility index (Phi) is 4.72. The number of carbonyl (C=O) groups excluding carboxylic acids is 1. The smallest absolute Gasteiger partial charge is 0.355 e. The van der Waals surface area contributed by atoms with Gasteiger partial charge in [0.15, 0.2) is 0 Å². The number of alkyl halides is 5. The molecule has 1 aliphatic rings. The largest absolute Gasteiger partial charge is 0.416 e. The molecule has 0 aromatic heterocycles. The minimum absolute atomic E-state index is 0.161. The summed E-state index contributed by atoms with van der Waals surface area (Å²) in [6.45, 7) is -0.208. The van der Waals surface area contributed by atoms with Gasteiger partial charge in [-0.2, -0.15) is 13.2 Å². The van der Waals surface area contributed by atoms with Gasteiger partial charge in [0.05, 0.1) is 12.0 Å². The molecule has 1 N–H and O–H groups in total. The molecule has 122 valence electrons. The predicted octanol–water partition coefficient (Wildman–Crippen LogP) is 3.80. The Morgan fingerprint density at radius 2 is 1.95 bits per heavy atom. The molecular weight excluding hydrogens is 305 g/mol. The van der Waals surface area contributed by atoms with E-state index in [1.54, 1.807) is 0 Å². The average molecular weight is 321 g/mol. The molecule has 1 unspecified atom stereocenters. The molecule has 1 aliphatic carbocycles. The SMILES string of the molecule is O=C(Cc1ccccc1C(F)(F)F)NCC1CCCC1(F)F. The molecule has 1 fully saturated rings. The van der Waals surface area contributed by atoms with Crippen molar-refractivity contribution in [3.63, 3.8) is 0 Å². The van der Waals surface area contributed by atoms with Crippen molar-refractivity contribution in [2.45, 2.75) is 37.8 Å². The van der Waals surface area contributed by atoms with Crippen LogP contribution in [0.3, 0.4) is 0 Å². The Morgan fingerprint density at radius 1 is 1.27 bits per heavy atom. The van der Waals surface area contributed by atoms with Crippen LogP contribution in [0.4, 0.5) is 22.0 Å². The third-order valence-electron chi connectivity index (χ3n) is 3.88. The summed E-state index contributed by atoms with van der Waals surface area (Å²) in [5.74, 6) is -4.43. The lowest BCUT2D eigenvalue weighted by atomic mass is 10.0. The first-order chi connectivity index (χ1) is 10.2. The number of hydrogen-bond acceptors (Lipinski definition) is 1. The lowest BCUT2D eigenvalue weighted by Crippen LogP contribution is -2.36. The lowest BCUT2D eigenvalue weighted by molar-refractivity contribution is -0.138. The van der Waals surface area contributed by atoms with E-state index in [1.807, 2.05) is 0 Å². The number of amides is 1. The highest BCUT2D eigenvalue weighted by atomic mass is 19.4. The molecule has 7 heteroatoms. The number of rotatable bonds is 4. The van der Waals surface area contributed by atoms with E-state index in [1.165, 1.54) is 18.2 Å². The predicted molar refractivity (Wildman–Crippen MR) is 70.4 cm³/mol. The number of halogens is 5. The van der Waals surface area contributed by atoms with Crippen molar-refractivity contribution in [3.8, 4) is 0 Å². The molecule has 1 atom stereocenters. The maximum Gasteiger partial charge on any atom is 0.416 e. The van der Waals surface area contributed by atoms with Crippen LogP contribution in [0.25, 0.3) is 0 Å². The highest BCUT2D eigenvalue weighted by Crippen LogP contribution is 2.39. The van der Waals surface area contributed by atoms with Gasteiger partial charge in [0, 0.05) is 18.9 Å². The number of hydrogen-bond donors (Lipinski definition) is 1. The Labute approximate surface area is 124 Å². The van der Waals surface area contributed by atoms with Gasteiger partial charge in [0.25, 0.3) is 5.92 Å². The van der Waals surface area contributed by atoms with Crippen LogP contribution in [0.1, 0.15) is 30.4 Å². The number of benzene rings is 1. The van der Waals surface area contributed by atoms with Crippen molar-refractivity contribution in [1.29, 1.82) is 0 Å². The van der Waals surface area contributed by atoms with Crippen molar-refractivity contribution in [2.24, 2.45) is 5.92 Å². The summed E-state index contributed by atoms with van der Waals surface area (Å²) in [6.07, 6.45) is -4.52. The van der Waals surface area contributed by atoms with Crippen molar-refractivity contribution in [1.82, 2.24) is 5.32 Å². The number of nitrogens with one attached hydrogen (secondary N) is 1. The van der Waals surface area contributed by atoms with Crippen LogP contribution in [0, 0.1) is 5.92 Å². The van der Waals surface area contributed by atoms with Gasteiger partial charge < -0.3 is 5.32 Å². The molecule has 2 rings (SSSR count). The van der Waals surface area contributed by atoms with Crippen LogP contribution in [0.5, 0.6) is 0 Å². The van der Waals surface area contributed by atoms with E-state index in [0.29, 0.717) is 12.8 Å². The van der Waals surface area contributed by atoms with E-state index in [4.69, 9.17) is 0 Å². The first-order valence-corrected chi connectivity index (χ1v) is 7.00. The first-order valence-electron chi connectivity index (χ1n) is 7.00. The van der Waals surface area contributed by atoms with Crippen molar-refractivity contribution in [2.75, 3.05) is 6.54 Å². The van der Waals surface area contributed by atoms with Gasteiger partial charge >= 0.3 is 6.18 Å². The van der Waals surface area contributed by atoms with Crippen LogP contribution in [0.2, 0.25) is 0 Å². The topological polar surface area (TPSA) is 29.1 Å².